The molecule has 1 aromatic rings. The second-order valence-electron chi connectivity index (χ2n) is 4.45. The van der Waals surface area contributed by atoms with E-state index in [9.17, 15) is 8.78 Å². The van der Waals surface area contributed by atoms with Crippen molar-refractivity contribution in [3.05, 3.63) is 46.7 Å². The molecule has 0 amide bonds. The summed E-state index contributed by atoms with van der Waals surface area (Å²) < 4.78 is 26.9. The summed E-state index contributed by atoms with van der Waals surface area (Å²) >= 11 is 0. The highest BCUT2D eigenvalue weighted by Crippen LogP contribution is 2.20. The van der Waals surface area contributed by atoms with Crippen LogP contribution in [0, 0.1) is 11.6 Å². The van der Waals surface area contributed by atoms with Gasteiger partial charge in [-0.15, -0.1) is 0 Å². The maximum absolute atomic E-state index is 13.7. The molecule has 6 heteroatoms. The van der Waals surface area contributed by atoms with E-state index < -0.39 is 17.9 Å². The predicted octanol–water partition coefficient (Wildman–Crippen LogP) is 2.96. The third-order valence-corrected chi connectivity index (χ3v) is 2.71. The molecule has 0 saturated heterocycles. The lowest BCUT2D eigenvalue weighted by Crippen LogP contribution is -2.21. The van der Waals surface area contributed by atoms with Crippen LogP contribution in [0.2, 0.25) is 0 Å². The Hall–Kier alpha value is -2.08. The molecule has 0 fully saturated rings. The van der Waals surface area contributed by atoms with Gasteiger partial charge in [-0.05, 0) is 39.0 Å². The fraction of sp³-hybridized carbons (Fsp3) is 0.286. The van der Waals surface area contributed by atoms with Crippen LogP contribution in [0.1, 0.15) is 26.3 Å². The van der Waals surface area contributed by atoms with Crippen molar-refractivity contribution in [1.82, 2.24) is 5.48 Å². The van der Waals surface area contributed by atoms with Crippen LogP contribution in [-0.2, 0) is 4.84 Å². The number of nitrogens with one attached hydrogen (secondary N) is 1. The lowest BCUT2D eigenvalue weighted by molar-refractivity contribution is 0.0594. The van der Waals surface area contributed by atoms with Gasteiger partial charge in [0.1, 0.15) is 11.6 Å². The molecule has 1 atom stereocenters. The third kappa shape index (κ3) is 2.91. The first-order valence-electron chi connectivity index (χ1n) is 6.14. The van der Waals surface area contributed by atoms with E-state index >= 15 is 0 Å². The number of nitrogens with zero attached hydrogens (tertiary/aromatic N) is 2. The Morgan fingerprint density at radius 3 is 2.80 bits per heavy atom. The van der Waals surface area contributed by atoms with E-state index in [1.165, 1.54) is 0 Å². The Bertz CT molecular complexity index is 604. The van der Waals surface area contributed by atoms with Crippen molar-refractivity contribution in [2.45, 2.75) is 27.0 Å². The Morgan fingerprint density at radius 2 is 2.15 bits per heavy atom. The van der Waals surface area contributed by atoms with Gasteiger partial charge in [0.05, 0.1) is 11.3 Å². The summed E-state index contributed by atoms with van der Waals surface area (Å²) in [7, 11) is 0. The van der Waals surface area contributed by atoms with Crippen molar-refractivity contribution in [3.63, 3.8) is 0 Å². The Labute approximate surface area is 115 Å². The summed E-state index contributed by atoms with van der Waals surface area (Å²) in [6.07, 6.45) is 0.955. The first kappa shape index (κ1) is 14.3. The molecule has 20 heavy (non-hydrogen) atoms. The van der Waals surface area contributed by atoms with Gasteiger partial charge < -0.3 is 0 Å². The van der Waals surface area contributed by atoms with Gasteiger partial charge in [0.2, 0.25) is 6.23 Å². The SMILES string of the molecule is CC=NC(=C(C)C)C1N=C(c2cc(F)ccc2F)NO1. The van der Waals surface area contributed by atoms with Crippen LogP contribution >= 0.6 is 0 Å². The summed E-state index contributed by atoms with van der Waals surface area (Å²) in [4.78, 5) is 13.7. The van der Waals surface area contributed by atoms with Gasteiger partial charge in [0.25, 0.3) is 0 Å². The van der Waals surface area contributed by atoms with E-state index in [1.54, 1.807) is 13.1 Å². The van der Waals surface area contributed by atoms with Gasteiger partial charge in [-0.1, -0.05) is 5.57 Å². The number of amidine groups is 1. The molecule has 0 radical (unpaired) electrons. The fourth-order valence-electron chi connectivity index (χ4n) is 1.78. The zero-order valence-electron chi connectivity index (χ0n) is 11.4. The zero-order chi connectivity index (χ0) is 14.7. The maximum Gasteiger partial charge on any atom is 0.219 e. The molecule has 1 N–H and O–H groups in total. The second kappa shape index (κ2) is 5.92. The largest absolute Gasteiger partial charge is 0.261 e. The maximum atomic E-state index is 13.7. The topological polar surface area (TPSA) is 46.0 Å². The molecule has 1 aliphatic heterocycles. The van der Waals surface area contributed by atoms with Gasteiger partial charge in [-0.25, -0.2) is 24.1 Å². The van der Waals surface area contributed by atoms with E-state index in [2.05, 4.69) is 15.5 Å². The summed E-state index contributed by atoms with van der Waals surface area (Å²) in [6, 6.07) is 3.17. The summed E-state index contributed by atoms with van der Waals surface area (Å²) in [5.41, 5.74) is 4.11. The zero-order valence-corrected chi connectivity index (χ0v) is 11.4. The highest BCUT2D eigenvalue weighted by atomic mass is 19.1. The summed E-state index contributed by atoms with van der Waals surface area (Å²) in [5, 5.41) is 0. The van der Waals surface area contributed by atoms with Crippen molar-refractivity contribution in [1.29, 1.82) is 0 Å². The van der Waals surface area contributed by atoms with Gasteiger partial charge in [-0.3, -0.25) is 4.99 Å². The van der Waals surface area contributed by atoms with E-state index in [0.29, 0.717) is 5.70 Å². The molecular formula is C14H15F2N3O. The summed E-state index contributed by atoms with van der Waals surface area (Å²) in [6.45, 7) is 5.53. The van der Waals surface area contributed by atoms with Gasteiger partial charge in [0, 0.05) is 6.21 Å². The van der Waals surface area contributed by atoms with Crippen molar-refractivity contribution in [3.8, 4) is 0 Å². The van der Waals surface area contributed by atoms with E-state index in [1.807, 2.05) is 13.8 Å². The Kier molecular flexibility index (Phi) is 4.24. The third-order valence-electron chi connectivity index (χ3n) is 2.71. The molecule has 0 aliphatic carbocycles. The number of allylic oxidation sites excluding steroid dienone is 1. The highest BCUT2D eigenvalue weighted by molar-refractivity contribution is 5.99. The van der Waals surface area contributed by atoms with E-state index in [-0.39, 0.29) is 11.4 Å². The minimum absolute atomic E-state index is 0.0288. The van der Waals surface area contributed by atoms with E-state index in [4.69, 9.17) is 4.84 Å². The molecule has 1 heterocycles. The monoisotopic (exact) mass is 279 g/mol. The Balaban J connectivity index is 2.35. The van der Waals surface area contributed by atoms with Crippen LogP contribution < -0.4 is 5.48 Å². The molecule has 2 rings (SSSR count). The minimum Gasteiger partial charge on any atom is -0.261 e. The quantitative estimate of drug-likeness (QED) is 0.865. The van der Waals surface area contributed by atoms with Crippen molar-refractivity contribution in [2.24, 2.45) is 9.98 Å². The molecule has 1 aromatic carbocycles. The molecule has 4 nitrogen and oxygen atoms in total. The smallest absolute Gasteiger partial charge is 0.219 e. The standard InChI is InChI=1S/C14H15F2N3O/c1-4-17-12(8(2)3)14-18-13(19-20-14)10-7-9(15)5-6-11(10)16/h4-7,14H,1-3H3,(H,18,19). The summed E-state index contributed by atoms with van der Waals surface area (Å²) in [5.74, 6) is -0.958. The molecule has 0 spiro atoms. The van der Waals surface area contributed by atoms with Crippen LogP contribution in [0.25, 0.3) is 0 Å². The molecule has 0 aromatic heterocycles. The van der Waals surface area contributed by atoms with E-state index in [0.717, 1.165) is 23.8 Å². The average Bonchev–Trinajstić information content (AvgIpc) is 2.87. The van der Waals surface area contributed by atoms with Crippen LogP contribution in [-0.4, -0.2) is 18.3 Å². The predicted molar refractivity (Wildman–Crippen MR) is 73.4 cm³/mol. The molecule has 1 unspecified atom stereocenters. The number of aliphatic imine (C=N–C) groups is 2. The van der Waals surface area contributed by atoms with Gasteiger partial charge in [-0.2, -0.15) is 0 Å². The van der Waals surface area contributed by atoms with Gasteiger partial charge >= 0.3 is 0 Å². The van der Waals surface area contributed by atoms with Crippen LogP contribution in [0.5, 0.6) is 0 Å². The fourth-order valence-corrected chi connectivity index (χ4v) is 1.78. The van der Waals surface area contributed by atoms with Crippen molar-refractivity contribution < 1.29 is 13.6 Å². The first-order valence-corrected chi connectivity index (χ1v) is 6.14. The van der Waals surface area contributed by atoms with Crippen molar-refractivity contribution >= 4 is 12.1 Å². The van der Waals surface area contributed by atoms with Crippen LogP contribution in [0.3, 0.4) is 0 Å². The number of hydrogen-bond donors (Lipinski definition) is 1. The average molecular weight is 279 g/mol. The normalized spacial score (nSPS) is 18.1. The number of hydroxylamine groups is 1. The molecule has 106 valence electrons. The minimum atomic E-state index is -0.672. The molecular weight excluding hydrogens is 264 g/mol. The van der Waals surface area contributed by atoms with Crippen molar-refractivity contribution in [2.75, 3.05) is 0 Å². The number of hydrogen-bond acceptors (Lipinski definition) is 4. The molecule has 0 bridgehead atoms. The van der Waals surface area contributed by atoms with Crippen LogP contribution in [0.15, 0.2) is 39.5 Å². The lowest BCUT2D eigenvalue weighted by Gasteiger charge is -2.08. The number of halogens is 2. The number of rotatable bonds is 3. The second-order valence-corrected chi connectivity index (χ2v) is 4.45. The lowest BCUT2D eigenvalue weighted by atomic mass is 10.2. The number of benzene rings is 1. The van der Waals surface area contributed by atoms with Gasteiger partial charge in [0.15, 0.2) is 5.84 Å². The highest BCUT2D eigenvalue weighted by Gasteiger charge is 2.25. The molecule has 1 aliphatic rings. The first-order chi connectivity index (χ1) is 9.52. The van der Waals surface area contributed by atoms with Crippen LogP contribution in [0.4, 0.5) is 8.78 Å². The molecule has 0 saturated carbocycles. The Morgan fingerprint density at radius 1 is 1.40 bits per heavy atom.